The molecule has 0 saturated carbocycles. The van der Waals surface area contributed by atoms with Gasteiger partial charge in [0.1, 0.15) is 0 Å². The van der Waals surface area contributed by atoms with Crippen LogP contribution >= 0.6 is 0 Å². The van der Waals surface area contributed by atoms with Gasteiger partial charge in [0, 0.05) is 0 Å². The van der Waals surface area contributed by atoms with Gasteiger partial charge in [-0.05, 0) is 12.8 Å². The average molecular weight is 218 g/mol. The third-order valence-corrected chi connectivity index (χ3v) is 1.54. The molecular formula is C8H15BF3K. The van der Waals surface area contributed by atoms with E-state index in [1.165, 1.54) is 6.08 Å². The maximum Gasteiger partial charge on any atom is 1.00 e. The summed E-state index contributed by atoms with van der Waals surface area (Å²) in [6.45, 7) is -2.54. The summed E-state index contributed by atoms with van der Waals surface area (Å²) in [5, 5.41) is 0. The Labute approximate surface area is 121 Å². The number of unbranched alkanes of at least 4 members (excludes halogenated alkanes) is 3. The van der Waals surface area contributed by atoms with Crippen molar-refractivity contribution in [1.82, 2.24) is 0 Å². The van der Waals surface area contributed by atoms with E-state index in [0.29, 0.717) is 0 Å². The summed E-state index contributed by atoms with van der Waals surface area (Å²) >= 11 is 0. The Hall–Kier alpha value is 1.23. The summed E-state index contributed by atoms with van der Waals surface area (Å²) in [5.41, 5.74) is 0. The number of allylic oxidation sites excluding steroid dienone is 2. The molecule has 0 atom stereocenters. The molecule has 0 aromatic heterocycles. The molecule has 0 heterocycles. The van der Waals surface area contributed by atoms with Crippen LogP contribution in [0.1, 0.15) is 32.6 Å². The summed E-state index contributed by atoms with van der Waals surface area (Å²) in [4.78, 5) is 0. The van der Waals surface area contributed by atoms with Crippen molar-refractivity contribution in [2.24, 2.45) is 0 Å². The third kappa shape index (κ3) is 15.9. The zero-order valence-corrected chi connectivity index (χ0v) is 11.5. The quantitative estimate of drug-likeness (QED) is 0.354. The molecule has 0 unspecified atom stereocenters. The van der Waals surface area contributed by atoms with E-state index in [-0.39, 0.29) is 51.4 Å². The van der Waals surface area contributed by atoms with Crippen LogP contribution < -0.4 is 51.4 Å². The summed E-state index contributed by atoms with van der Waals surface area (Å²) < 4.78 is 34.9. The predicted molar refractivity (Wildman–Crippen MR) is 47.2 cm³/mol. The maximum absolute atomic E-state index is 11.6. The molecule has 0 fully saturated rings. The van der Waals surface area contributed by atoms with Crippen LogP contribution in [0.25, 0.3) is 0 Å². The first-order valence-corrected chi connectivity index (χ1v) is 4.42. The topological polar surface area (TPSA) is 0 Å². The molecule has 13 heavy (non-hydrogen) atoms. The molecule has 72 valence electrons. The van der Waals surface area contributed by atoms with Gasteiger partial charge in [-0.25, -0.2) is 0 Å². The minimum atomic E-state index is -4.61. The van der Waals surface area contributed by atoms with Gasteiger partial charge in [0.25, 0.3) is 0 Å². The molecule has 0 aliphatic heterocycles. The largest absolute Gasteiger partial charge is 1.00 e. The SMILES string of the molecule is CCCCC/C=C/C[B-](F)(F)F.[K+]. The molecule has 0 saturated heterocycles. The van der Waals surface area contributed by atoms with Crippen molar-refractivity contribution in [3.63, 3.8) is 0 Å². The fraction of sp³-hybridized carbons (Fsp3) is 0.750. The first kappa shape index (κ1) is 16.7. The minimum Gasteiger partial charge on any atom is -0.449 e. The van der Waals surface area contributed by atoms with Crippen molar-refractivity contribution >= 4 is 6.98 Å². The van der Waals surface area contributed by atoms with Crippen LogP contribution in [0.15, 0.2) is 12.2 Å². The Balaban J connectivity index is 0. The third-order valence-electron chi connectivity index (χ3n) is 1.54. The second kappa shape index (κ2) is 9.77. The van der Waals surface area contributed by atoms with E-state index in [1.54, 1.807) is 6.08 Å². The normalized spacial score (nSPS) is 11.7. The van der Waals surface area contributed by atoms with Crippen molar-refractivity contribution in [3.8, 4) is 0 Å². The molecule has 0 aromatic rings. The van der Waals surface area contributed by atoms with E-state index in [4.69, 9.17) is 0 Å². The van der Waals surface area contributed by atoms with Crippen molar-refractivity contribution < 1.29 is 64.3 Å². The molecular weight excluding hydrogens is 203 g/mol. The van der Waals surface area contributed by atoms with Crippen LogP contribution in [0.5, 0.6) is 0 Å². The van der Waals surface area contributed by atoms with E-state index < -0.39 is 13.3 Å². The average Bonchev–Trinajstić information content (AvgIpc) is 1.94. The molecule has 0 nitrogen and oxygen atoms in total. The van der Waals surface area contributed by atoms with E-state index >= 15 is 0 Å². The maximum atomic E-state index is 11.6. The zero-order valence-electron chi connectivity index (χ0n) is 8.40. The first-order chi connectivity index (χ1) is 5.56. The summed E-state index contributed by atoms with van der Waals surface area (Å²) in [7, 11) is 0. The van der Waals surface area contributed by atoms with Gasteiger partial charge >= 0.3 is 58.4 Å². The zero-order chi connectivity index (χ0) is 9.45. The van der Waals surface area contributed by atoms with Crippen LogP contribution in [0.2, 0.25) is 6.32 Å². The number of halogens is 3. The van der Waals surface area contributed by atoms with Crippen molar-refractivity contribution in [1.29, 1.82) is 0 Å². The molecule has 0 N–H and O–H groups in total. The van der Waals surface area contributed by atoms with Crippen LogP contribution in [-0.2, 0) is 0 Å². The standard InChI is InChI=1S/C8H15BF3.K/c1-2-3-4-5-6-7-8-9(10,11)12;/h6-7H,2-5,8H2,1H3;/q-1;+1/b7-6+;. The fourth-order valence-corrected chi connectivity index (χ4v) is 0.881. The van der Waals surface area contributed by atoms with Gasteiger partial charge in [-0.15, -0.1) is 6.08 Å². The molecule has 0 aliphatic rings. The van der Waals surface area contributed by atoms with Gasteiger partial charge in [0.05, 0.1) is 0 Å². The molecule has 0 spiro atoms. The van der Waals surface area contributed by atoms with Gasteiger partial charge < -0.3 is 12.9 Å². The van der Waals surface area contributed by atoms with Crippen LogP contribution in [-0.4, -0.2) is 6.98 Å². The van der Waals surface area contributed by atoms with Gasteiger partial charge in [-0.3, -0.25) is 0 Å². The van der Waals surface area contributed by atoms with E-state index in [1.807, 2.05) is 0 Å². The Bertz CT molecular complexity index is 134. The minimum absolute atomic E-state index is 0. The molecule has 0 bridgehead atoms. The van der Waals surface area contributed by atoms with Gasteiger partial charge in [0.15, 0.2) is 0 Å². The van der Waals surface area contributed by atoms with E-state index in [0.717, 1.165) is 25.7 Å². The Morgan fingerprint density at radius 2 is 1.69 bits per heavy atom. The monoisotopic (exact) mass is 218 g/mol. The second-order valence-corrected chi connectivity index (χ2v) is 2.91. The van der Waals surface area contributed by atoms with E-state index in [2.05, 4.69) is 6.92 Å². The van der Waals surface area contributed by atoms with E-state index in [9.17, 15) is 12.9 Å². The summed E-state index contributed by atoms with van der Waals surface area (Å²) in [5.74, 6) is 0. The molecule has 0 amide bonds. The first-order valence-electron chi connectivity index (χ1n) is 4.42. The number of rotatable bonds is 6. The summed E-state index contributed by atoms with van der Waals surface area (Å²) in [6, 6.07) is 0. The fourth-order valence-electron chi connectivity index (χ4n) is 0.881. The molecule has 0 radical (unpaired) electrons. The molecule has 0 aromatic carbocycles. The molecule has 0 rings (SSSR count). The van der Waals surface area contributed by atoms with Crippen LogP contribution in [0, 0.1) is 0 Å². The summed E-state index contributed by atoms with van der Waals surface area (Å²) in [6.07, 6.45) is 6.11. The molecule has 5 heteroatoms. The number of hydrogen-bond acceptors (Lipinski definition) is 0. The van der Waals surface area contributed by atoms with Gasteiger partial charge in [0.2, 0.25) is 0 Å². The van der Waals surface area contributed by atoms with Crippen LogP contribution in [0.4, 0.5) is 12.9 Å². The Morgan fingerprint density at radius 1 is 1.08 bits per heavy atom. The van der Waals surface area contributed by atoms with Gasteiger partial charge in [-0.1, -0.05) is 32.2 Å². The molecule has 0 aliphatic carbocycles. The Morgan fingerprint density at radius 3 is 2.15 bits per heavy atom. The van der Waals surface area contributed by atoms with Crippen molar-refractivity contribution in [3.05, 3.63) is 12.2 Å². The van der Waals surface area contributed by atoms with Crippen molar-refractivity contribution in [2.45, 2.75) is 38.9 Å². The van der Waals surface area contributed by atoms with Gasteiger partial charge in [-0.2, -0.15) is 0 Å². The van der Waals surface area contributed by atoms with Crippen LogP contribution in [0.3, 0.4) is 0 Å². The second-order valence-electron chi connectivity index (χ2n) is 2.91. The Kier molecular flexibility index (Phi) is 12.5. The van der Waals surface area contributed by atoms with Crippen molar-refractivity contribution in [2.75, 3.05) is 0 Å². The number of hydrogen-bond donors (Lipinski definition) is 0. The smallest absolute Gasteiger partial charge is 0.449 e. The predicted octanol–water partition coefficient (Wildman–Crippen LogP) is 0.974.